The van der Waals surface area contributed by atoms with Gasteiger partial charge >= 0.3 is 6.03 Å². The average Bonchev–Trinajstić information content (AvgIpc) is 2.54. The van der Waals surface area contributed by atoms with Crippen LogP contribution in [-0.2, 0) is 6.42 Å². The first-order valence-corrected chi connectivity index (χ1v) is 7.92. The quantitative estimate of drug-likeness (QED) is 0.790. The number of hydrogen-bond donors (Lipinski definition) is 2. The van der Waals surface area contributed by atoms with Crippen LogP contribution in [0.15, 0.2) is 42.5 Å². The lowest BCUT2D eigenvalue weighted by Crippen LogP contribution is -2.32. The molecule has 0 unspecified atom stereocenters. The van der Waals surface area contributed by atoms with Crippen LogP contribution in [0, 0.1) is 13.8 Å². The lowest BCUT2D eigenvalue weighted by Gasteiger charge is -2.11. The number of amides is 2. The fraction of sp³-hybridized carbons (Fsp3) is 0.316. The van der Waals surface area contributed by atoms with Gasteiger partial charge in [0.25, 0.3) is 0 Å². The number of aryl methyl sites for hydroxylation is 3. The van der Waals surface area contributed by atoms with E-state index in [9.17, 15) is 4.79 Å². The predicted octanol–water partition coefficient (Wildman–Crippen LogP) is 4.07. The zero-order chi connectivity index (χ0) is 16.7. The van der Waals surface area contributed by atoms with Crippen molar-refractivity contribution in [1.82, 2.24) is 5.32 Å². The number of rotatable bonds is 6. The molecule has 0 fully saturated rings. The monoisotopic (exact) mass is 312 g/mol. The van der Waals surface area contributed by atoms with Crippen molar-refractivity contribution in [2.45, 2.75) is 27.2 Å². The highest BCUT2D eigenvalue weighted by atomic mass is 16.5. The third-order valence-corrected chi connectivity index (χ3v) is 3.60. The molecule has 0 radical (unpaired) electrons. The smallest absolute Gasteiger partial charge is 0.319 e. The molecule has 122 valence electrons. The van der Waals surface area contributed by atoms with Crippen molar-refractivity contribution < 1.29 is 9.53 Å². The third kappa shape index (κ3) is 5.33. The van der Waals surface area contributed by atoms with Crippen LogP contribution in [0.5, 0.6) is 5.75 Å². The second-order valence-electron chi connectivity index (χ2n) is 5.55. The second kappa shape index (κ2) is 8.22. The van der Waals surface area contributed by atoms with Gasteiger partial charge in [0.05, 0.1) is 6.54 Å². The first-order chi connectivity index (χ1) is 11.1. The molecule has 2 N–H and O–H groups in total. The topological polar surface area (TPSA) is 50.4 Å². The minimum absolute atomic E-state index is 0.224. The molecule has 0 spiro atoms. The van der Waals surface area contributed by atoms with Crippen LogP contribution in [0.25, 0.3) is 0 Å². The highest BCUT2D eigenvalue weighted by Gasteiger charge is 2.02. The summed E-state index contributed by atoms with van der Waals surface area (Å²) in [4.78, 5) is 11.8. The molecule has 0 heterocycles. The first-order valence-electron chi connectivity index (χ1n) is 7.92. The number of benzene rings is 2. The Morgan fingerprint density at radius 1 is 1.09 bits per heavy atom. The molecule has 0 bridgehead atoms. The maximum Gasteiger partial charge on any atom is 0.319 e. The molecule has 0 aromatic heterocycles. The van der Waals surface area contributed by atoms with Crippen molar-refractivity contribution in [3.8, 4) is 5.75 Å². The summed E-state index contributed by atoms with van der Waals surface area (Å²) in [6.07, 6.45) is 0.988. The van der Waals surface area contributed by atoms with E-state index in [1.165, 1.54) is 11.1 Å². The van der Waals surface area contributed by atoms with Gasteiger partial charge in [0.2, 0.25) is 0 Å². The summed E-state index contributed by atoms with van der Waals surface area (Å²) in [5.41, 5.74) is 4.35. The Bertz CT molecular complexity index is 651. The van der Waals surface area contributed by atoms with Gasteiger partial charge in [-0.2, -0.15) is 0 Å². The maximum absolute atomic E-state index is 11.8. The molecule has 0 saturated heterocycles. The summed E-state index contributed by atoms with van der Waals surface area (Å²) < 4.78 is 5.68. The highest BCUT2D eigenvalue weighted by Crippen LogP contribution is 2.18. The van der Waals surface area contributed by atoms with E-state index in [1.54, 1.807) is 0 Å². The summed E-state index contributed by atoms with van der Waals surface area (Å²) in [6.45, 7) is 7.06. The summed E-state index contributed by atoms with van der Waals surface area (Å²) in [6, 6.07) is 13.7. The maximum atomic E-state index is 11.8. The molecule has 0 saturated carbocycles. The van der Waals surface area contributed by atoms with E-state index in [1.807, 2.05) is 43.3 Å². The average molecular weight is 312 g/mol. The number of nitrogens with one attached hydrogen (secondary N) is 2. The third-order valence-electron chi connectivity index (χ3n) is 3.60. The number of carbonyl (C=O) groups excluding carboxylic acids is 1. The van der Waals surface area contributed by atoms with Crippen LogP contribution >= 0.6 is 0 Å². The van der Waals surface area contributed by atoms with Crippen LogP contribution in [0.1, 0.15) is 23.6 Å². The van der Waals surface area contributed by atoms with Gasteiger partial charge in [-0.3, -0.25) is 0 Å². The number of hydrogen-bond acceptors (Lipinski definition) is 2. The van der Waals surface area contributed by atoms with Gasteiger partial charge in [-0.15, -0.1) is 0 Å². The molecule has 2 amide bonds. The summed E-state index contributed by atoms with van der Waals surface area (Å²) in [5.74, 6) is 0.855. The fourth-order valence-corrected chi connectivity index (χ4v) is 2.29. The molecule has 0 aliphatic carbocycles. The van der Waals surface area contributed by atoms with Crippen molar-refractivity contribution in [1.29, 1.82) is 0 Å². The first kappa shape index (κ1) is 16.9. The van der Waals surface area contributed by atoms with Gasteiger partial charge in [0.1, 0.15) is 12.4 Å². The number of urea groups is 1. The van der Waals surface area contributed by atoms with Gasteiger partial charge in [-0.25, -0.2) is 4.79 Å². The number of ether oxygens (including phenoxy) is 1. The van der Waals surface area contributed by atoms with Crippen LogP contribution < -0.4 is 15.4 Å². The van der Waals surface area contributed by atoms with E-state index in [-0.39, 0.29) is 6.03 Å². The molecule has 0 atom stereocenters. The molecule has 2 aromatic carbocycles. The SMILES string of the molecule is CCc1ccc(NC(=O)NCCOc2ccc(C)cc2C)cc1. The Balaban J connectivity index is 1.72. The Hall–Kier alpha value is -2.49. The minimum atomic E-state index is -0.224. The van der Waals surface area contributed by atoms with Crippen molar-refractivity contribution >= 4 is 11.7 Å². The largest absolute Gasteiger partial charge is 0.491 e. The van der Waals surface area contributed by atoms with Crippen molar-refractivity contribution in [2.75, 3.05) is 18.5 Å². The van der Waals surface area contributed by atoms with E-state index in [4.69, 9.17) is 4.74 Å². The lowest BCUT2D eigenvalue weighted by atomic mass is 10.1. The van der Waals surface area contributed by atoms with Crippen molar-refractivity contribution in [3.05, 3.63) is 59.2 Å². The Kier molecular flexibility index (Phi) is 6.03. The summed E-state index contributed by atoms with van der Waals surface area (Å²) >= 11 is 0. The van der Waals surface area contributed by atoms with E-state index >= 15 is 0 Å². The molecular formula is C19H24N2O2. The molecule has 4 heteroatoms. The molecule has 4 nitrogen and oxygen atoms in total. The summed E-state index contributed by atoms with van der Waals surface area (Å²) in [7, 11) is 0. The van der Waals surface area contributed by atoms with Gasteiger partial charge < -0.3 is 15.4 Å². The van der Waals surface area contributed by atoms with E-state index < -0.39 is 0 Å². The van der Waals surface area contributed by atoms with E-state index in [0.29, 0.717) is 13.2 Å². The molecule has 23 heavy (non-hydrogen) atoms. The second-order valence-corrected chi connectivity index (χ2v) is 5.55. The zero-order valence-electron chi connectivity index (χ0n) is 14.0. The molecule has 2 aromatic rings. The van der Waals surface area contributed by atoms with Crippen LogP contribution in [0.3, 0.4) is 0 Å². The standard InChI is InChI=1S/C19H24N2O2/c1-4-16-6-8-17(9-7-16)21-19(22)20-11-12-23-18-10-5-14(2)13-15(18)3/h5-10,13H,4,11-12H2,1-3H3,(H2,20,21,22). The van der Waals surface area contributed by atoms with E-state index in [2.05, 4.69) is 30.5 Å². The highest BCUT2D eigenvalue weighted by molar-refractivity contribution is 5.89. The van der Waals surface area contributed by atoms with E-state index in [0.717, 1.165) is 23.4 Å². The zero-order valence-corrected chi connectivity index (χ0v) is 14.0. The lowest BCUT2D eigenvalue weighted by molar-refractivity contribution is 0.247. The molecule has 0 aliphatic rings. The van der Waals surface area contributed by atoms with Crippen molar-refractivity contribution in [3.63, 3.8) is 0 Å². The Morgan fingerprint density at radius 2 is 1.83 bits per heavy atom. The van der Waals surface area contributed by atoms with Crippen LogP contribution in [0.4, 0.5) is 10.5 Å². The van der Waals surface area contributed by atoms with Crippen LogP contribution in [0.2, 0.25) is 0 Å². The number of anilines is 1. The normalized spacial score (nSPS) is 10.2. The number of carbonyl (C=O) groups is 1. The van der Waals surface area contributed by atoms with Crippen LogP contribution in [-0.4, -0.2) is 19.2 Å². The molecule has 2 rings (SSSR count). The Labute approximate surface area is 137 Å². The minimum Gasteiger partial charge on any atom is -0.491 e. The molecular weight excluding hydrogens is 288 g/mol. The summed E-state index contributed by atoms with van der Waals surface area (Å²) in [5, 5.41) is 5.59. The fourth-order valence-electron chi connectivity index (χ4n) is 2.29. The van der Waals surface area contributed by atoms with Gasteiger partial charge in [0.15, 0.2) is 0 Å². The van der Waals surface area contributed by atoms with Gasteiger partial charge in [0, 0.05) is 5.69 Å². The predicted molar refractivity (Wildman–Crippen MR) is 94.3 cm³/mol. The van der Waals surface area contributed by atoms with Crippen molar-refractivity contribution in [2.24, 2.45) is 0 Å². The van der Waals surface area contributed by atoms with Gasteiger partial charge in [-0.05, 0) is 49.6 Å². The molecule has 0 aliphatic heterocycles. The van der Waals surface area contributed by atoms with Gasteiger partial charge in [-0.1, -0.05) is 36.8 Å². The Morgan fingerprint density at radius 3 is 2.48 bits per heavy atom.